The van der Waals surface area contributed by atoms with Crippen molar-refractivity contribution in [1.82, 2.24) is 5.32 Å². The molecule has 0 spiro atoms. The van der Waals surface area contributed by atoms with E-state index in [9.17, 15) is 14.4 Å². The SMILES string of the molecule is CC(=O)O[C@@H]1[C@H](OC(=O)OCC2c3ccccc3-c3ccccc32)[C@@H](OCc2ccccc2)[C@H](C)O[C@H]1NC(=O)C(Cl)(Cl)Cl. The lowest BCUT2D eigenvalue weighted by atomic mass is 9.97. The van der Waals surface area contributed by atoms with E-state index in [4.69, 9.17) is 58.5 Å². The molecule has 1 saturated heterocycles. The van der Waals surface area contributed by atoms with Crippen molar-refractivity contribution in [2.45, 2.75) is 60.8 Å². The third kappa shape index (κ3) is 7.30. The van der Waals surface area contributed by atoms with Gasteiger partial charge in [-0.25, -0.2) is 4.79 Å². The van der Waals surface area contributed by atoms with Gasteiger partial charge in [0.25, 0.3) is 9.70 Å². The van der Waals surface area contributed by atoms with Crippen LogP contribution in [-0.2, 0) is 39.9 Å². The zero-order chi connectivity index (χ0) is 31.4. The number of rotatable bonds is 8. The smallest absolute Gasteiger partial charge is 0.454 e. The minimum atomic E-state index is -2.34. The molecule has 2 aliphatic rings. The van der Waals surface area contributed by atoms with E-state index in [1.54, 1.807) is 6.92 Å². The van der Waals surface area contributed by atoms with Gasteiger partial charge in [0.15, 0.2) is 18.4 Å². The Bertz CT molecular complexity index is 1450. The Labute approximate surface area is 269 Å². The summed E-state index contributed by atoms with van der Waals surface area (Å²) in [6, 6.07) is 25.1. The van der Waals surface area contributed by atoms with Gasteiger partial charge in [-0.15, -0.1) is 0 Å². The number of benzene rings is 3. The number of carbonyl (C=O) groups excluding carboxylic acids is 3. The topological polar surface area (TPSA) is 109 Å². The number of halogens is 3. The van der Waals surface area contributed by atoms with Crippen LogP contribution in [0.3, 0.4) is 0 Å². The first-order chi connectivity index (χ1) is 21.0. The van der Waals surface area contributed by atoms with Crippen molar-refractivity contribution in [1.29, 1.82) is 0 Å². The van der Waals surface area contributed by atoms with E-state index in [0.717, 1.165) is 34.7 Å². The van der Waals surface area contributed by atoms with Gasteiger partial charge in [-0.3, -0.25) is 9.59 Å². The van der Waals surface area contributed by atoms with Crippen molar-refractivity contribution in [2.75, 3.05) is 6.61 Å². The van der Waals surface area contributed by atoms with Crippen LogP contribution in [0.5, 0.6) is 0 Å². The Morgan fingerprint density at radius 2 is 1.41 bits per heavy atom. The summed E-state index contributed by atoms with van der Waals surface area (Å²) in [5.74, 6) is -1.97. The van der Waals surface area contributed by atoms with E-state index >= 15 is 0 Å². The maximum Gasteiger partial charge on any atom is 0.508 e. The molecule has 12 heteroatoms. The van der Waals surface area contributed by atoms with Crippen LogP contribution >= 0.6 is 34.8 Å². The van der Waals surface area contributed by atoms with Crippen LogP contribution < -0.4 is 5.32 Å². The Balaban J connectivity index is 1.38. The number of hydrogen-bond donors (Lipinski definition) is 1. The van der Waals surface area contributed by atoms with Gasteiger partial charge in [-0.2, -0.15) is 0 Å². The predicted octanol–water partition coefficient (Wildman–Crippen LogP) is 6.07. The number of ether oxygens (including phenoxy) is 5. The van der Waals surface area contributed by atoms with Gasteiger partial charge in [0.2, 0.25) is 0 Å². The van der Waals surface area contributed by atoms with E-state index in [-0.39, 0.29) is 19.1 Å². The molecule has 1 aliphatic carbocycles. The largest absolute Gasteiger partial charge is 0.508 e. The highest BCUT2D eigenvalue weighted by Crippen LogP contribution is 2.44. The number of carbonyl (C=O) groups is 3. The Morgan fingerprint density at radius 3 is 2.00 bits per heavy atom. The Kier molecular flexibility index (Phi) is 10.0. The monoisotopic (exact) mass is 661 g/mol. The summed E-state index contributed by atoms with van der Waals surface area (Å²) in [5.41, 5.74) is 5.03. The van der Waals surface area contributed by atoms with Crippen molar-refractivity contribution >= 4 is 52.8 Å². The molecule has 44 heavy (non-hydrogen) atoms. The van der Waals surface area contributed by atoms with Crippen LogP contribution in [0.2, 0.25) is 0 Å². The van der Waals surface area contributed by atoms with Crippen LogP contribution in [0.1, 0.15) is 36.5 Å². The lowest BCUT2D eigenvalue weighted by molar-refractivity contribution is -0.249. The minimum absolute atomic E-state index is 0.00711. The average Bonchev–Trinajstić information content (AvgIpc) is 3.31. The van der Waals surface area contributed by atoms with E-state index < -0.39 is 52.5 Å². The zero-order valence-corrected chi connectivity index (χ0v) is 26.1. The second kappa shape index (κ2) is 13.7. The molecular weight excluding hydrogens is 633 g/mol. The van der Waals surface area contributed by atoms with Gasteiger partial charge >= 0.3 is 12.1 Å². The third-order valence-electron chi connectivity index (χ3n) is 7.45. The number of amides is 1. The molecule has 5 rings (SSSR count). The number of esters is 1. The summed E-state index contributed by atoms with van der Waals surface area (Å²) >= 11 is 17.3. The summed E-state index contributed by atoms with van der Waals surface area (Å²) in [4.78, 5) is 38.0. The van der Waals surface area contributed by atoms with E-state index in [1.165, 1.54) is 0 Å². The van der Waals surface area contributed by atoms with Gasteiger partial charge in [0, 0.05) is 12.8 Å². The van der Waals surface area contributed by atoms with Crippen molar-refractivity contribution < 1.29 is 38.1 Å². The lowest BCUT2D eigenvalue weighted by Crippen LogP contribution is -2.65. The normalized spacial score (nSPS) is 22.8. The maximum atomic E-state index is 13.3. The number of nitrogens with one attached hydrogen (secondary N) is 1. The van der Waals surface area contributed by atoms with Crippen LogP contribution in [0, 0.1) is 0 Å². The molecule has 1 heterocycles. The zero-order valence-electron chi connectivity index (χ0n) is 23.8. The number of hydrogen-bond acceptors (Lipinski definition) is 8. The predicted molar refractivity (Wildman–Crippen MR) is 163 cm³/mol. The molecule has 3 aromatic carbocycles. The Morgan fingerprint density at radius 1 is 0.818 bits per heavy atom. The highest BCUT2D eigenvalue weighted by atomic mass is 35.6. The average molecular weight is 663 g/mol. The van der Waals surface area contributed by atoms with Gasteiger partial charge in [-0.05, 0) is 34.7 Å². The second-order valence-electron chi connectivity index (χ2n) is 10.4. The van der Waals surface area contributed by atoms with Crippen molar-refractivity contribution in [2.24, 2.45) is 0 Å². The van der Waals surface area contributed by atoms with Gasteiger partial charge in [0.1, 0.15) is 12.7 Å². The molecule has 1 fully saturated rings. The van der Waals surface area contributed by atoms with E-state index in [0.29, 0.717) is 0 Å². The summed E-state index contributed by atoms with van der Waals surface area (Å²) < 4.78 is 26.8. The standard InChI is InChI=1S/C32H30Cl3NO8/c1-18-26(40-16-20-10-4-3-5-11-20)27(28(43-19(2)37)29(42-18)36-30(38)32(33,34)35)44-31(39)41-17-25-23-14-8-6-12-21(23)22-13-7-9-15-24(22)25/h3-15,18,25-29H,16-17H2,1-2H3,(H,36,38)/t18-,26-,27+,28+,29+/m0/s1. The summed E-state index contributed by atoms with van der Waals surface area (Å²) in [6.07, 6.45) is -6.75. The van der Waals surface area contributed by atoms with Crippen LogP contribution in [0.15, 0.2) is 78.9 Å². The first-order valence-corrected chi connectivity index (χ1v) is 15.0. The van der Waals surface area contributed by atoms with Gasteiger partial charge in [-0.1, -0.05) is 114 Å². The highest BCUT2D eigenvalue weighted by molar-refractivity contribution is 6.76. The fraction of sp³-hybridized carbons (Fsp3) is 0.344. The summed E-state index contributed by atoms with van der Waals surface area (Å²) in [7, 11) is 0. The number of alkyl halides is 3. The molecule has 1 amide bonds. The molecule has 0 radical (unpaired) electrons. The lowest BCUT2D eigenvalue weighted by Gasteiger charge is -2.44. The van der Waals surface area contributed by atoms with Crippen molar-refractivity contribution in [3.8, 4) is 11.1 Å². The minimum Gasteiger partial charge on any atom is -0.454 e. The van der Waals surface area contributed by atoms with Crippen LogP contribution in [0.4, 0.5) is 4.79 Å². The van der Waals surface area contributed by atoms with E-state index in [2.05, 4.69) is 5.32 Å². The molecule has 232 valence electrons. The maximum absolute atomic E-state index is 13.3. The summed E-state index contributed by atoms with van der Waals surface area (Å²) in [5, 5.41) is 2.42. The molecule has 0 unspecified atom stereocenters. The Hall–Kier alpha value is -3.34. The fourth-order valence-corrected chi connectivity index (χ4v) is 5.69. The van der Waals surface area contributed by atoms with Crippen LogP contribution in [-0.4, -0.2) is 59.1 Å². The fourth-order valence-electron chi connectivity index (χ4n) is 5.53. The molecule has 0 aromatic heterocycles. The molecule has 1 N–H and O–H groups in total. The third-order valence-corrected chi connectivity index (χ3v) is 7.97. The number of fused-ring (bicyclic) bond motifs is 3. The van der Waals surface area contributed by atoms with Gasteiger partial charge < -0.3 is 29.0 Å². The first kappa shape index (κ1) is 32.1. The molecule has 0 bridgehead atoms. The second-order valence-corrected chi connectivity index (χ2v) is 12.7. The first-order valence-electron chi connectivity index (χ1n) is 13.9. The quantitative estimate of drug-likeness (QED) is 0.229. The molecule has 1 aliphatic heterocycles. The molecule has 9 nitrogen and oxygen atoms in total. The van der Waals surface area contributed by atoms with E-state index in [1.807, 2.05) is 78.9 Å². The van der Waals surface area contributed by atoms with Crippen molar-refractivity contribution in [3.63, 3.8) is 0 Å². The highest BCUT2D eigenvalue weighted by Gasteiger charge is 2.51. The molecule has 3 aromatic rings. The van der Waals surface area contributed by atoms with Gasteiger partial charge in [0.05, 0.1) is 12.7 Å². The molecular formula is C32H30Cl3NO8. The van der Waals surface area contributed by atoms with Crippen molar-refractivity contribution in [3.05, 3.63) is 95.6 Å². The summed E-state index contributed by atoms with van der Waals surface area (Å²) in [6.45, 7) is 2.94. The molecule has 5 atom stereocenters. The van der Waals surface area contributed by atoms with Crippen LogP contribution in [0.25, 0.3) is 11.1 Å². The molecule has 0 saturated carbocycles.